The average Bonchev–Trinajstić information content (AvgIpc) is 2.94. The Kier molecular flexibility index (Phi) is 8.66. The first-order valence-electron chi connectivity index (χ1n) is 8.66. The van der Waals surface area contributed by atoms with Gasteiger partial charge in [0.25, 0.3) is 5.91 Å². The van der Waals surface area contributed by atoms with Crippen LogP contribution in [0.2, 0.25) is 0 Å². The molecule has 0 aliphatic carbocycles. The molecule has 160 valence electrons. The Morgan fingerprint density at radius 3 is 2.43 bits per heavy atom. The van der Waals surface area contributed by atoms with Gasteiger partial charge in [-0.05, 0) is 25.2 Å². The number of hydrogen-bond donors (Lipinski definition) is 3. The summed E-state index contributed by atoms with van der Waals surface area (Å²) in [5.74, 6) is -3.06. The van der Waals surface area contributed by atoms with Crippen molar-refractivity contribution in [3.63, 3.8) is 0 Å². The topological polar surface area (TPSA) is 137 Å². The third-order valence-corrected chi connectivity index (χ3v) is 4.00. The molecule has 1 aliphatic heterocycles. The first-order valence-corrected chi connectivity index (χ1v) is 8.66. The van der Waals surface area contributed by atoms with Crippen LogP contribution in [0.15, 0.2) is 0 Å². The molecule has 4 N–H and O–H groups in total. The largest absolute Gasteiger partial charge is 0.522 e. The van der Waals surface area contributed by atoms with Crippen molar-refractivity contribution >= 4 is 23.7 Å². The number of nitrogens with two attached hydrogens (primary N) is 1. The van der Waals surface area contributed by atoms with Crippen molar-refractivity contribution in [1.82, 2.24) is 10.6 Å². The lowest BCUT2D eigenvalue weighted by atomic mass is 9.95. The Morgan fingerprint density at radius 1 is 1.32 bits per heavy atom. The quantitative estimate of drug-likeness (QED) is 0.482. The molecule has 3 atom stereocenters. The van der Waals surface area contributed by atoms with E-state index in [0.717, 1.165) is 0 Å². The highest BCUT2D eigenvalue weighted by Gasteiger charge is 2.36. The van der Waals surface area contributed by atoms with Gasteiger partial charge in [0.2, 0.25) is 5.91 Å². The molecule has 1 saturated heterocycles. The van der Waals surface area contributed by atoms with Crippen LogP contribution in [-0.4, -0.2) is 55.4 Å². The molecule has 1 rings (SSSR count). The summed E-state index contributed by atoms with van der Waals surface area (Å²) >= 11 is 0. The Bertz CT molecular complexity index is 597. The van der Waals surface area contributed by atoms with E-state index in [1.165, 1.54) is 0 Å². The smallest absolute Gasteiger partial charge is 0.436 e. The number of ether oxygens (including phenoxy) is 2. The predicted octanol–water partition coefficient (Wildman–Crippen LogP) is 0.613. The lowest BCUT2D eigenvalue weighted by molar-refractivity contribution is -0.321. The number of carbonyl (C=O) groups excluding carboxylic acids is 4. The van der Waals surface area contributed by atoms with Crippen LogP contribution in [-0.2, 0) is 23.9 Å². The number of ketones is 1. The lowest BCUT2D eigenvalue weighted by Crippen LogP contribution is -2.49. The summed E-state index contributed by atoms with van der Waals surface area (Å²) in [6.07, 6.45) is -7.31. The average molecular weight is 411 g/mol. The standard InChI is InChI=1S/C16H24F3N3O6/c1-8(2)5-12(28-15(20)26)14(25)22-10(6-9-3-4-21-13(9)24)11(23)7-27-16(17,18)19/h8-10,12H,3-7H2,1-2H3,(H2,20,26)(H,21,24)(H,22,25)/t9-,10-,12-/m0/s1. The molecular weight excluding hydrogens is 387 g/mol. The summed E-state index contributed by atoms with van der Waals surface area (Å²) in [5.41, 5.74) is 4.94. The van der Waals surface area contributed by atoms with Crippen molar-refractivity contribution < 1.29 is 41.8 Å². The molecule has 1 heterocycles. The van der Waals surface area contributed by atoms with Crippen LogP contribution < -0.4 is 16.4 Å². The maximum atomic E-state index is 12.4. The highest BCUT2D eigenvalue weighted by molar-refractivity contribution is 5.92. The van der Waals surface area contributed by atoms with Crippen LogP contribution in [0, 0.1) is 11.8 Å². The summed E-state index contributed by atoms with van der Waals surface area (Å²) in [6, 6.07) is -1.42. The van der Waals surface area contributed by atoms with Gasteiger partial charge in [-0.2, -0.15) is 0 Å². The first kappa shape index (κ1) is 23.7. The summed E-state index contributed by atoms with van der Waals surface area (Å²) in [7, 11) is 0. The Morgan fingerprint density at radius 2 is 1.96 bits per heavy atom. The van der Waals surface area contributed by atoms with E-state index in [4.69, 9.17) is 10.5 Å². The van der Waals surface area contributed by atoms with Gasteiger partial charge in [0, 0.05) is 12.5 Å². The molecule has 12 heteroatoms. The summed E-state index contributed by atoms with van der Waals surface area (Å²) in [6.45, 7) is 2.52. The zero-order chi connectivity index (χ0) is 21.5. The zero-order valence-electron chi connectivity index (χ0n) is 15.5. The molecule has 28 heavy (non-hydrogen) atoms. The zero-order valence-corrected chi connectivity index (χ0v) is 15.5. The lowest BCUT2D eigenvalue weighted by Gasteiger charge is -2.24. The van der Waals surface area contributed by atoms with Crippen LogP contribution >= 0.6 is 0 Å². The van der Waals surface area contributed by atoms with Gasteiger partial charge in [0.15, 0.2) is 11.9 Å². The van der Waals surface area contributed by atoms with Crippen molar-refractivity contribution in [2.24, 2.45) is 17.6 Å². The molecule has 0 spiro atoms. The molecule has 9 nitrogen and oxygen atoms in total. The van der Waals surface area contributed by atoms with Gasteiger partial charge in [-0.1, -0.05) is 13.8 Å². The molecular formula is C16H24F3N3O6. The van der Waals surface area contributed by atoms with E-state index in [2.05, 4.69) is 15.4 Å². The van der Waals surface area contributed by atoms with Gasteiger partial charge in [-0.3, -0.25) is 19.1 Å². The molecule has 1 aliphatic rings. The molecule has 0 aromatic carbocycles. The number of carbonyl (C=O) groups is 4. The molecule has 0 bridgehead atoms. The van der Waals surface area contributed by atoms with E-state index in [1.807, 2.05) is 0 Å². The van der Waals surface area contributed by atoms with Crippen molar-refractivity contribution in [3.05, 3.63) is 0 Å². The van der Waals surface area contributed by atoms with Crippen LogP contribution in [0.5, 0.6) is 0 Å². The van der Waals surface area contributed by atoms with Crippen molar-refractivity contribution in [1.29, 1.82) is 0 Å². The van der Waals surface area contributed by atoms with Crippen molar-refractivity contribution in [2.45, 2.75) is 51.6 Å². The Hall–Kier alpha value is -2.37. The third-order valence-electron chi connectivity index (χ3n) is 4.00. The van der Waals surface area contributed by atoms with E-state index in [0.29, 0.717) is 13.0 Å². The maximum absolute atomic E-state index is 12.4. The normalized spacial score (nSPS) is 19.1. The molecule has 0 aromatic heterocycles. The number of amides is 3. The van der Waals surface area contributed by atoms with Crippen LogP contribution in [0.4, 0.5) is 18.0 Å². The van der Waals surface area contributed by atoms with Gasteiger partial charge in [-0.15, -0.1) is 13.2 Å². The number of halogens is 3. The monoisotopic (exact) mass is 411 g/mol. The minimum Gasteiger partial charge on any atom is -0.436 e. The van der Waals surface area contributed by atoms with Crippen LogP contribution in [0.1, 0.15) is 33.1 Å². The molecule has 1 fully saturated rings. The Labute approximate surface area is 159 Å². The van der Waals surface area contributed by atoms with Gasteiger partial charge in [-0.25, -0.2) is 4.79 Å². The third kappa shape index (κ3) is 8.55. The number of hydrogen-bond acceptors (Lipinski definition) is 6. The van der Waals surface area contributed by atoms with Crippen molar-refractivity contribution in [2.75, 3.05) is 13.2 Å². The molecule has 0 aromatic rings. The fourth-order valence-corrected chi connectivity index (χ4v) is 2.72. The number of nitrogens with one attached hydrogen (secondary N) is 2. The van der Waals surface area contributed by atoms with Gasteiger partial charge >= 0.3 is 12.5 Å². The highest BCUT2D eigenvalue weighted by atomic mass is 19.4. The highest BCUT2D eigenvalue weighted by Crippen LogP contribution is 2.20. The van der Waals surface area contributed by atoms with E-state index in [1.54, 1.807) is 13.8 Å². The second kappa shape index (κ2) is 10.2. The number of alkyl halides is 3. The number of rotatable bonds is 10. The number of primary amides is 1. The van der Waals surface area contributed by atoms with Crippen LogP contribution in [0.3, 0.4) is 0 Å². The second-order valence-electron chi connectivity index (χ2n) is 6.83. The summed E-state index contributed by atoms with van der Waals surface area (Å²) in [4.78, 5) is 47.3. The first-order chi connectivity index (χ1) is 12.9. The maximum Gasteiger partial charge on any atom is 0.522 e. The van der Waals surface area contributed by atoms with E-state index in [9.17, 15) is 32.3 Å². The number of Topliss-reactive ketones (excluding diaryl/α,β-unsaturated/α-hetero) is 1. The van der Waals surface area contributed by atoms with Crippen molar-refractivity contribution in [3.8, 4) is 0 Å². The van der Waals surface area contributed by atoms with E-state index in [-0.39, 0.29) is 24.7 Å². The Balaban J connectivity index is 2.88. The second-order valence-corrected chi connectivity index (χ2v) is 6.83. The van der Waals surface area contributed by atoms with Gasteiger partial charge < -0.3 is 21.1 Å². The predicted molar refractivity (Wildman–Crippen MR) is 88.6 cm³/mol. The molecule has 3 amide bonds. The molecule has 0 unspecified atom stereocenters. The minimum absolute atomic E-state index is 0.0820. The SMILES string of the molecule is CC(C)C[C@H](OC(N)=O)C(=O)N[C@@H](C[C@@H]1CCNC1=O)C(=O)COC(F)(F)F. The van der Waals surface area contributed by atoms with E-state index >= 15 is 0 Å². The van der Waals surface area contributed by atoms with E-state index < -0.39 is 48.8 Å². The minimum atomic E-state index is -5.02. The molecule has 0 radical (unpaired) electrons. The van der Waals surface area contributed by atoms with Gasteiger partial charge in [0.05, 0.1) is 6.04 Å². The summed E-state index contributed by atoms with van der Waals surface area (Å²) < 4.78 is 44.9. The summed E-state index contributed by atoms with van der Waals surface area (Å²) in [5, 5.41) is 4.80. The van der Waals surface area contributed by atoms with Gasteiger partial charge in [0.1, 0.15) is 6.61 Å². The fraction of sp³-hybridized carbons (Fsp3) is 0.750. The molecule has 0 saturated carbocycles. The van der Waals surface area contributed by atoms with Crippen LogP contribution in [0.25, 0.3) is 0 Å². The fourth-order valence-electron chi connectivity index (χ4n) is 2.72.